The largest absolute Gasteiger partial charge is 0.477 e. The number of esters is 1. The molecule has 0 spiro atoms. The molecule has 2 bridgehead atoms. The van der Waals surface area contributed by atoms with Crippen LogP contribution in [0.3, 0.4) is 0 Å². The molecule has 0 radical (unpaired) electrons. The topological polar surface area (TPSA) is 138 Å². The van der Waals surface area contributed by atoms with Crippen LogP contribution in [-0.2, 0) is 25.5 Å². The van der Waals surface area contributed by atoms with Crippen LogP contribution in [0.5, 0.6) is 5.75 Å². The van der Waals surface area contributed by atoms with Crippen molar-refractivity contribution in [1.29, 1.82) is 0 Å². The lowest BCUT2D eigenvalue weighted by Crippen LogP contribution is -2.45. The predicted octanol–water partition coefficient (Wildman–Crippen LogP) is 1.86. The van der Waals surface area contributed by atoms with Crippen LogP contribution in [0.2, 0.25) is 0 Å². The lowest BCUT2D eigenvalue weighted by atomic mass is 9.94. The van der Waals surface area contributed by atoms with Gasteiger partial charge in [0.2, 0.25) is 5.78 Å². The summed E-state index contributed by atoms with van der Waals surface area (Å²) in [5, 5.41) is 25.7. The quantitative estimate of drug-likeness (QED) is 0.244. The van der Waals surface area contributed by atoms with E-state index in [4.69, 9.17) is 14.2 Å². The molecule has 0 aliphatic carbocycles. The average Bonchev–Trinajstić information content (AvgIpc) is 2.85. The van der Waals surface area contributed by atoms with E-state index >= 15 is 0 Å². The van der Waals surface area contributed by atoms with E-state index in [-0.39, 0.29) is 42.8 Å². The van der Waals surface area contributed by atoms with Gasteiger partial charge in [0.1, 0.15) is 17.4 Å². The molecule has 11 heteroatoms. The summed E-state index contributed by atoms with van der Waals surface area (Å²) in [6.07, 6.45) is 1.75. The van der Waals surface area contributed by atoms with Gasteiger partial charge in [-0.05, 0) is 50.9 Å². The third-order valence-corrected chi connectivity index (χ3v) is 6.96. The van der Waals surface area contributed by atoms with Crippen molar-refractivity contribution in [2.75, 3.05) is 33.9 Å². The first kappa shape index (κ1) is 29.6. The highest BCUT2D eigenvalue weighted by molar-refractivity contribution is 6.24. The first-order chi connectivity index (χ1) is 18.0. The molecule has 3 N–H and O–H groups in total. The van der Waals surface area contributed by atoms with Crippen LogP contribution >= 0.6 is 0 Å². The van der Waals surface area contributed by atoms with Gasteiger partial charge in [-0.1, -0.05) is 6.92 Å². The van der Waals surface area contributed by atoms with Crippen molar-refractivity contribution >= 4 is 17.7 Å². The summed E-state index contributed by atoms with van der Waals surface area (Å²) in [7, 11) is 3.38. The number of hydrazine groups is 1. The van der Waals surface area contributed by atoms with Crippen molar-refractivity contribution in [2.45, 2.75) is 65.0 Å². The van der Waals surface area contributed by atoms with E-state index in [1.807, 2.05) is 13.0 Å². The van der Waals surface area contributed by atoms with Crippen LogP contribution in [0.1, 0.15) is 54.6 Å². The van der Waals surface area contributed by atoms with Gasteiger partial charge in [-0.15, -0.1) is 0 Å². The van der Waals surface area contributed by atoms with Gasteiger partial charge in [-0.2, -0.15) is 5.01 Å². The Hall–Kier alpha value is -2.99. The number of aliphatic carboxylic acids is 1. The number of nitrogens with zero attached hydrogens (tertiary/aromatic N) is 2. The van der Waals surface area contributed by atoms with Gasteiger partial charge < -0.3 is 34.7 Å². The predicted molar refractivity (Wildman–Crippen MR) is 138 cm³/mol. The van der Waals surface area contributed by atoms with E-state index < -0.39 is 18.0 Å². The Kier molecular flexibility index (Phi) is 10.3. The highest BCUT2D eigenvalue weighted by Gasteiger charge is 2.35. The number of carboxylic acids is 1. The smallest absolute Gasteiger partial charge is 0.341 e. The van der Waals surface area contributed by atoms with Crippen LogP contribution < -0.4 is 10.1 Å². The van der Waals surface area contributed by atoms with E-state index in [0.29, 0.717) is 42.8 Å². The molecule has 11 nitrogen and oxygen atoms in total. The number of ether oxygens (including phenoxy) is 3. The van der Waals surface area contributed by atoms with E-state index in [9.17, 15) is 24.6 Å². The molecule has 0 aromatic heterocycles. The number of nitrogens with one attached hydrogen (secondary N) is 1. The maximum absolute atomic E-state index is 13.1. The van der Waals surface area contributed by atoms with Gasteiger partial charge in [0, 0.05) is 50.3 Å². The zero-order valence-corrected chi connectivity index (χ0v) is 22.7. The van der Waals surface area contributed by atoms with Crippen LogP contribution in [-0.4, -0.2) is 90.4 Å². The minimum atomic E-state index is -1.29. The Morgan fingerprint density at radius 2 is 1.95 bits per heavy atom. The number of carbonyl (C=O) groups is 3. The van der Waals surface area contributed by atoms with Crippen LogP contribution in [0.25, 0.3) is 0 Å². The summed E-state index contributed by atoms with van der Waals surface area (Å²) in [4.78, 5) is 37.2. The Labute approximate surface area is 223 Å². The lowest BCUT2D eigenvalue weighted by molar-refractivity contribution is -0.221. The van der Waals surface area contributed by atoms with Crippen molar-refractivity contribution in [1.82, 2.24) is 15.3 Å². The second-order valence-corrected chi connectivity index (χ2v) is 10.0. The molecule has 1 saturated heterocycles. The minimum absolute atomic E-state index is 0.0169. The summed E-state index contributed by atoms with van der Waals surface area (Å²) in [6.45, 7) is 6.75. The summed E-state index contributed by atoms with van der Waals surface area (Å²) < 4.78 is 16.9. The number of carbonyl (C=O) groups excluding carboxylic acids is 2. The molecule has 3 rings (SSSR count). The van der Waals surface area contributed by atoms with Gasteiger partial charge in [0.05, 0.1) is 12.5 Å². The number of carboxylic acid groups (broad SMARTS) is 1. The van der Waals surface area contributed by atoms with Gasteiger partial charge in [0.25, 0.3) is 0 Å². The first-order valence-corrected chi connectivity index (χ1v) is 12.9. The second kappa shape index (κ2) is 13.2. The number of hydrogen-bond acceptors (Lipinski definition) is 10. The molecule has 0 amide bonds. The van der Waals surface area contributed by atoms with Gasteiger partial charge in [0.15, 0.2) is 13.0 Å². The fourth-order valence-corrected chi connectivity index (χ4v) is 4.62. The molecule has 38 heavy (non-hydrogen) atoms. The van der Waals surface area contributed by atoms with Gasteiger partial charge >= 0.3 is 11.9 Å². The molecule has 0 saturated carbocycles. The van der Waals surface area contributed by atoms with Crippen molar-refractivity contribution in [3.8, 4) is 5.75 Å². The highest BCUT2D eigenvalue weighted by Crippen LogP contribution is 2.29. The fourth-order valence-electron chi connectivity index (χ4n) is 4.62. The summed E-state index contributed by atoms with van der Waals surface area (Å²) in [6, 6.07) is 3.62. The highest BCUT2D eigenvalue weighted by atomic mass is 16.6. The van der Waals surface area contributed by atoms with Crippen molar-refractivity contribution in [2.24, 2.45) is 5.92 Å². The van der Waals surface area contributed by atoms with Crippen molar-refractivity contribution < 1.29 is 38.8 Å². The van der Waals surface area contributed by atoms with E-state index in [1.54, 1.807) is 39.0 Å². The van der Waals surface area contributed by atoms with Crippen LogP contribution in [0.4, 0.5) is 0 Å². The number of aliphatic hydroxyl groups is 1. The molecular formula is C27H39N3O8. The van der Waals surface area contributed by atoms with Crippen LogP contribution in [0.15, 0.2) is 23.9 Å². The number of rotatable bonds is 9. The van der Waals surface area contributed by atoms with Crippen molar-refractivity contribution in [3.05, 3.63) is 40.6 Å². The maximum Gasteiger partial charge on any atom is 0.341 e. The van der Waals surface area contributed by atoms with Crippen LogP contribution in [0, 0.1) is 12.8 Å². The van der Waals surface area contributed by atoms with Gasteiger partial charge in [-0.25, -0.2) is 4.79 Å². The van der Waals surface area contributed by atoms with E-state index in [1.165, 1.54) is 11.2 Å². The number of ketones is 1. The molecule has 2 aliphatic heterocycles. The Morgan fingerprint density at radius 1 is 1.21 bits per heavy atom. The third kappa shape index (κ3) is 7.53. The second-order valence-electron chi connectivity index (χ2n) is 10.0. The molecule has 2 heterocycles. The molecule has 1 aromatic rings. The monoisotopic (exact) mass is 533 g/mol. The maximum atomic E-state index is 13.1. The number of aryl methyl sites for hydroxylation is 1. The summed E-state index contributed by atoms with van der Waals surface area (Å²) >= 11 is 0. The molecule has 1 aromatic carbocycles. The molecule has 210 valence electrons. The normalized spacial score (nSPS) is 25.8. The lowest BCUT2D eigenvalue weighted by Gasteiger charge is -2.36. The number of Topliss-reactive ketones (excluding diaryl/α,β-unsaturated/α-hetero) is 1. The molecule has 2 unspecified atom stereocenters. The summed E-state index contributed by atoms with van der Waals surface area (Å²) in [5.74, 6) is -1.62. The molecule has 2 aliphatic rings. The Morgan fingerprint density at radius 3 is 2.63 bits per heavy atom. The fraction of sp³-hybridized carbons (Fsp3) is 0.593. The Bertz CT molecular complexity index is 1050. The average molecular weight is 534 g/mol. The minimum Gasteiger partial charge on any atom is -0.477 e. The standard InChI is InChI=1S/C27H39N3O8/c1-16-11-24(32)37-18(3)26(16)38-23(31)8-10-28-9-6-7-19-12-20-17(2)22(13-19)36-15-30(5)29(4)14-21(25(20)33)27(34)35/h12-14,16,18,24,26,28,32H,6-11,15H2,1-5H3,(H,34,35)/b21-14+/t16?,18?,24-,26-/m1/s1. The van der Waals surface area contributed by atoms with Crippen molar-refractivity contribution in [3.63, 3.8) is 0 Å². The zero-order chi connectivity index (χ0) is 28.0. The van der Waals surface area contributed by atoms with Gasteiger partial charge in [-0.3, -0.25) is 9.59 Å². The van der Waals surface area contributed by atoms with E-state index in [0.717, 1.165) is 12.0 Å². The first-order valence-electron chi connectivity index (χ1n) is 12.9. The third-order valence-electron chi connectivity index (χ3n) is 6.96. The molecule has 1 fully saturated rings. The zero-order valence-electron chi connectivity index (χ0n) is 22.7. The SMILES string of the molecule is Cc1c2cc(CCCNCCC(=O)O[C@@H]3C(C)C[C@H](O)OC3C)cc1C(=O)/C(C(=O)O)=C\N(C)N(C)CO2. The molecule has 4 atom stereocenters. The summed E-state index contributed by atoms with van der Waals surface area (Å²) in [5.41, 5.74) is 1.45. The van der Waals surface area contributed by atoms with E-state index in [2.05, 4.69) is 5.32 Å². The molecular weight excluding hydrogens is 494 g/mol. The number of hydrogen-bond donors (Lipinski definition) is 3. The number of fused-ring (bicyclic) bond motifs is 2. The number of aliphatic hydroxyl groups excluding tert-OH is 1. The Balaban J connectivity index is 1.54. The number of benzene rings is 1.